The molecule has 1 aliphatic rings. The SMILES string of the molecule is CCOC(=O)C(C)(N)CCCCN(C)C1CCCCC1C. The van der Waals surface area contributed by atoms with Gasteiger partial charge in [-0.15, -0.1) is 0 Å². The Kier molecular flexibility index (Phi) is 7.67. The minimum absolute atomic E-state index is 0.278. The molecule has 4 nitrogen and oxygen atoms in total. The molecule has 1 aliphatic carbocycles. The van der Waals surface area contributed by atoms with Gasteiger partial charge in [-0.25, -0.2) is 0 Å². The van der Waals surface area contributed by atoms with Gasteiger partial charge in [0, 0.05) is 6.04 Å². The molecule has 0 aliphatic heterocycles. The molecule has 2 N–H and O–H groups in total. The lowest BCUT2D eigenvalue weighted by Crippen LogP contribution is -2.46. The van der Waals surface area contributed by atoms with E-state index in [0.29, 0.717) is 13.0 Å². The van der Waals surface area contributed by atoms with E-state index in [4.69, 9.17) is 10.5 Å². The summed E-state index contributed by atoms with van der Waals surface area (Å²) >= 11 is 0. The van der Waals surface area contributed by atoms with Crippen LogP contribution in [0.3, 0.4) is 0 Å². The summed E-state index contributed by atoms with van der Waals surface area (Å²) in [4.78, 5) is 14.2. The molecule has 0 bridgehead atoms. The monoisotopic (exact) mass is 298 g/mol. The number of hydrogen-bond donors (Lipinski definition) is 1. The molecule has 0 amide bonds. The molecule has 1 fully saturated rings. The molecule has 0 spiro atoms. The second kappa shape index (κ2) is 8.74. The zero-order valence-electron chi connectivity index (χ0n) is 14.4. The average molecular weight is 298 g/mol. The Bertz CT molecular complexity index is 318. The number of carbonyl (C=O) groups is 1. The van der Waals surface area contributed by atoms with Gasteiger partial charge in [0.15, 0.2) is 0 Å². The lowest BCUT2D eigenvalue weighted by molar-refractivity contribution is -0.149. The summed E-state index contributed by atoms with van der Waals surface area (Å²) in [6, 6.07) is 0.730. The maximum Gasteiger partial charge on any atom is 0.325 e. The number of nitrogens with two attached hydrogens (primary N) is 1. The molecule has 124 valence electrons. The van der Waals surface area contributed by atoms with Crippen molar-refractivity contribution in [2.75, 3.05) is 20.2 Å². The third-order valence-corrected chi connectivity index (χ3v) is 4.83. The number of hydrogen-bond acceptors (Lipinski definition) is 4. The van der Waals surface area contributed by atoms with Gasteiger partial charge in [0.1, 0.15) is 5.54 Å². The summed E-state index contributed by atoms with van der Waals surface area (Å²) < 4.78 is 5.02. The molecule has 0 saturated heterocycles. The van der Waals surface area contributed by atoms with Gasteiger partial charge in [0.25, 0.3) is 0 Å². The highest BCUT2D eigenvalue weighted by Crippen LogP contribution is 2.27. The summed E-state index contributed by atoms with van der Waals surface area (Å²) in [6.45, 7) is 7.45. The molecule has 0 heterocycles. The quantitative estimate of drug-likeness (QED) is 0.553. The summed E-state index contributed by atoms with van der Waals surface area (Å²) in [6.07, 6.45) is 8.19. The first kappa shape index (κ1) is 18.4. The van der Waals surface area contributed by atoms with Crippen LogP contribution >= 0.6 is 0 Å². The third kappa shape index (κ3) is 5.95. The van der Waals surface area contributed by atoms with Crippen molar-refractivity contribution in [3.05, 3.63) is 0 Å². The summed E-state index contributed by atoms with van der Waals surface area (Å²) in [7, 11) is 2.24. The molecular weight excluding hydrogens is 264 g/mol. The van der Waals surface area contributed by atoms with Gasteiger partial charge in [-0.3, -0.25) is 4.79 Å². The lowest BCUT2D eigenvalue weighted by Gasteiger charge is -2.36. The van der Waals surface area contributed by atoms with Crippen molar-refractivity contribution in [2.45, 2.75) is 77.3 Å². The zero-order valence-corrected chi connectivity index (χ0v) is 14.4. The second-order valence-corrected chi connectivity index (χ2v) is 6.90. The van der Waals surface area contributed by atoms with Crippen LogP contribution < -0.4 is 5.73 Å². The maximum atomic E-state index is 11.7. The third-order valence-electron chi connectivity index (χ3n) is 4.83. The lowest BCUT2D eigenvalue weighted by atomic mass is 9.85. The first-order chi connectivity index (χ1) is 9.88. The molecule has 3 unspecified atom stereocenters. The average Bonchev–Trinajstić information content (AvgIpc) is 2.44. The Morgan fingerprint density at radius 2 is 2.00 bits per heavy atom. The van der Waals surface area contributed by atoms with E-state index in [-0.39, 0.29) is 5.97 Å². The number of unbranched alkanes of at least 4 members (excludes halogenated alkanes) is 1. The van der Waals surface area contributed by atoms with Crippen LogP contribution in [0.4, 0.5) is 0 Å². The molecule has 0 radical (unpaired) electrons. The van der Waals surface area contributed by atoms with E-state index in [0.717, 1.165) is 31.3 Å². The number of esters is 1. The van der Waals surface area contributed by atoms with Crippen LogP contribution in [0, 0.1) is 5.92 Å². The van der Waals surface area contributed by atoms with E-state index in [1.807, 2.05) is 6.92 Å². The predicted molar refractivity (Wildman–Crippen MR) is 87.1 cm³/mol. The van der Waals surface area contributed by atoms with Gasteiger partial charge in [-0.05, 0) is 65.5 Å². The number of rotatable bonds is 8. The largest absolute Gasteiger partial charge is 0.465 e. The van der Waals surface area contributed by atoms with Crippen LogP contribution in [-0.4, -0.2) is 42.6 Å². The second-order valence-electron chi connectivity index (χ2n) is 6.90. The van der Waals surface area contributed by atoms with Crippen LogP contribution in [0.1, 0.15) is 65.7 Å². The minimum Gasteiger partial charge on any atom is -0.465 e. The smallest absolute Gasteiger partial charge is 0.325 e. The van der Waals surface area contributed by atoms with Crippen molar-refractivity contribution >= 4 is 5.97 Å². The predicted octanol–water partition coefficient (Wildman–Crippen LogP) is 2.95. The highest BCUT2D eigenvalue weighted by Gasteiger charge is 2.29. The topological polar surface area (TPSA) is 55.6 Å². The molecule has 21 heavy (non-hydrogen) atoms. The van der Waals surface area contributed by atoms with Gasteiger partial charge < -0.3 is 15.4 Å². The minimum atomic E-state index is -0.841. The molecule has 0 aromatic rings. The number of ether oxygens (including phenoxy) is 1. The van der Waals surface area contributed by atoms with E-state index in [9.17, 15) is 4.79 Å². The Hall–Kier alpha value is -0.610. The van der Waals surface area contributed by atoms with Crippen LogP contribution in [-0.2, 0) is 9.53 Å². The van der Waals surface area contributed by atoms with Gasteiger partial charge in [-0.2, -0.15) is 0 Å². The van der Waals surface area contributed by atoms with Crippen LogP contribution in [0.2, 0.25) is 0 Å². The van der Waals surface area contributed by atoms with Gasteiger partial charge in [0.05, 0.1) is 6.61 Å². The van der Waals surface area contributed by atoms with Crippen LogP contribution in [0.5, 0.6) is 0 Å². The van der Waals surface area contributed by atoms with Crippen molar-refractivity contribution in [1.82, 2.24) is 4.90 Å². The van der Waals surface area contributed by atoms with E-state index in [1.54, 1.807) is 6.92 Å². The Morgan fingerprint density at radius 1 is 1.33 bits per heavy atom. The number of nitrogens with zero attached hydrogens (tertiary/aromatic N) is 1. The molecule has 0 aromatic heterocycles. The van der Waals surface area contributed by atoms with Crippen molar-refractivity contribution in [1.29, 1.82) is 0 Å². The van der Waals surface area contributed by atoms with E-state index in [1.165, 1.54) is 25.7 Å². The first-order valence-electron chi connectivity index (χ1n) is 8.55. The summed E-state index contributed by atoms with van der Waals surface area (Å²) in [5.74, 6) is 0.530. The van der Waals surface area contributed by atoms with Gasteiger partial charge in [0.2, 0.25) is 0 Å². The highest BCUT2D eigenvalue weighted by molar-refractivity contribution is 5.79. The Morgan fingerprint density at radius 3 is 2.62 bits per heavy atom. The normalized spacial score (nSPS) is 25.6. The van der Waals surface area contributed by atoms with Crippen LogP contribution in [0.15, 0.2) is 0 Å². The summed E-state index contributed by atoms with van der Waals surface area (Å²) in [5.41, 5.74) is 5.20. The molecular formula is C17H34N2O2. The molecule has 1 rings (SSSR count). The molecule has 4 heteroatoms. The molecule has 1 saturated carbocycles. The fraction of sp³-hybridized carbons (Fsp3) is 0.941. The van der Waals surface area contributed by atoms with E-state index >= 15 is 0 Å². The maximum absolute atomic E-state index is 11.7. The summed E-state index contributed by atoms with van der Waals surface area (Å²) in [5, 5.41) is 0. The zero-order chi connectivity index (χ0) is 15.9. The van der Waals surface area contributed by atoms with Crippen molar-refractivity contribution in [3.8, 4) is 0 Å². The molecule has 3 atom stereocenters. The highest BCUT2D eigenvalue weighted by atomic mass is 16.5. The standard InChI is InChI=1S/C17H34N2O2/c1-5-21-16(20)17(3,18)12-8-9-13-19(4)15-11-7-6-10-14(15)2/h14-15H,5-13,18H2,1-4H3. The van der Waals surface area contributed by atoms with E-state index < -0.39 is 5.54 Å². The van der Waals surface area contributed by atoms with Crippen molar-refractivity contribution in [2.24, 2.45) is 11.7 Å². The Balaban J connectivity index is 2.25. The van der Waals surface area contributed by atoms with E-state index in [2.05, 4.69) is 18.9 Å². The molecule has 0 aromatic carbocycles. The Labute approximate surface area is 130 Å². The van der Waals surface area contributed by atoms with Crippen molar-refractivity contribution < 1.29 is 9.53 Å². The first-order valence-corrected chi connectivity index (χ1v) is 8.55. The fourth-order valence-electron chi connectivity index (χ4n) is 3.37. The van der Waals surface area contributed by atoms with Crippen molar-refractivity contribution in [3.63, 3.8) is 0 Å². The van der Waals surface area contributed by atoms with Crippen LogP contribution in [0.25, 0.3) is 0 Å². The number of carbonyl (C=O) groups excluding carboxylic acids is 1. The van der Waals surface area contributed by atoms with Gasteiger partial charge >= 0.3 is 5.97 Å². The fourth-order valence-corrected chi connectivity index (χ4v) is 3.37. The van der Waals surface area contributed by atoms with Gasteiger partial charge in [-0.1, -0.05) is 19.8 Å².